The summed E-state index contributed by atoms with van der Waals surface area (Å²) in [6, 6.07) is 5.47. The fraction of sp³-hybridized carbons (Fsp3) is 0.333. The van der Waals surface area contributed by atoms with Crippen LogP contribution in [-0.2, 0) is 9.53 Å². The first kappa shape index (κ1) is 14.9. The van der Waals surface area contributed by atoms with Crippen molar-refractivity contribution < 1.29 is 23.8 Å². The highest BCUT2D eigenvalue weighted by atomic mass is 16.6. The number of aliphatic carboxylic acids is 1. The lowest BCUT2D eigenvalue weighted by Gasteiger charge is -2.22. The first-order valence-electron chi connectivity index (χ1n) is 6.46. The lowest BCUT2D eigenvalue weighted by atomic mass is 10.1. The first-order chi connectivity index (χ1) is 9.76. The summed E-state index contributed by atoms with van der Waals surface area (Å²) < 4.78 is 10.3. The van der Waals surface area contributed by atoms with Gasteiger partial charge < -0.3 is 19.6 Å². The van der Waals surface area contributed by atoms with E-state index in [4.69, 9.17) is 9.15 Å². The summed E-state index contributed by atoms with van der Waals surface area (Å²) in [5.41, 5.74) is 0.407. The molecule has 1 amide bonds. The Bertz CT molecular complexity index is 668. The number of amides is 1. The molecular weight excluding hydrogens is 274 g/mol. The van der Waals surface area contributed by atoms with Crippen LogP contribution in [0.2, 0.25) is 0 Å². The Morgan fingerprint density at radius 1 is 1.29 bits per heavy atom. The molecule has 2 aromatic rings. The molecule has 21 heavy (non-hydrogen) atoms. The molecule has 0 radical (unpaired) electrons. The van der Waals surface area contributed by atoms with Crippen LogP contribution in [0.1, 0.15) is 32.4 Å². The van der Waals surface area contributed by atoms with E-state index in [1.54, 1.807) is 45.0 Å². The molecule has 1 aromatic heterocycles. The highest BCUT2D eigenvalue weighted by Crippen LogP contribution is 2.22. The van der Waals surface area contributed by atoms with Crippen molar-refractivity contribution in [3.05, 3.63) is 36.1 Å². The van der Waals surface area contributed by atoms with E-state index in [0.717, 1.165) is 5.39 Å². The molecule has 112 valence electrons. The van der Waals surface area contributed by atoms with E-state index in [0.29, 0.717) is 11.1 Å². The van der Waals surface area contributed by atoms with Crippen LogP contribution in [0, 0.1) is 0 Å². The van der Waals surface area contributed by atoms with Crippen LogP contribution in [0.3, 0.4) is 0 Å². The smallest absolute Gasteiger partial charge is 0.408 e. The van der Waals surface area contributed by atoms with Gasteiger partial charge in [0.05, 0.1) is 6.26 Å². The fourth-order valence-corrected chi connectivity index (χ4v) is 1.88. The van der Waals surface area contributed by atoms with E-state index >= 15 is 0 Å². The van der Waals surface area contributed by atoms with E-state index in [1.165, 1.54) is 6.26 Å². The third-order valence-electron chi connectivity index (χ3n) is 2.72. The topological polar surface area (TPSA) is 88.8 Å². The van der Waals surface area contributed by atoms with Gasteiger partial charge in [-0.25, -0.2) is 9.59 Å². The number of carboxylic acid groups (broad SMARTS) is 1. The molecule has 0 saturated heterocycles. The number of benzene rings is 1. The number of carbonyl (C=O) groups excluding carboxylic acids is 1. The average molecular weight is 291 g/mol. The number of hydrogen-bond acceptors (Lipinski definition) is 4. The van der Waals surface area contributed by atoms with E-state index in [-0.39, 0.29) is 0 Å². The second-order valence-electron chi connectivity index (χ2n) is 5.64. The Morgan fingerprint density at radius 3 is 2.62 bits per heavy atom. The molecule has 0 aliphatic carbocycles. The van der Waals surface area contributed by atoms with E-state index in [2.05, 4.69) is 5.32 Å². The number of carboxylic acids is 1. The van der Waals surface area contributed by atoms with Crippen molar-refractivity contribution in [2.75, 3.05) is 0 Å². The number of ether oxygens (including phenoxy) is 1. The molecular formula is C15H17NO5. The SMILES string of the molecule is CC(C)(C)OC(=O)NC(C(=O)O)c1ccc2occc2c1. The van der Waals surface area contributed by atoms with Crippen LogP contribution in [0.15, 0.2) is 34.9 Å². The number of rotatable bonds is 3. The first-order valence-corrected chi connectivity index (χ1v) is 6.46. The molecule has 1 unspecified atom stereocenters. The third-order valence-corrected chi connectivity index (χ3v) is 2.72. The number of hydrogen-bond donors (Lipinski definition) is 2. The van der Waals surface area contributed by atoms with Crippen molar-refractivity contribution in [2.24, 2.45) is 0 Å². The molecule has 1 heterocycles. The minimum Gasteiger partial charge on any atom is -0.479 e. The van der Waals surface area contributed by atoms with Crippen LogP contribution >= 0.6 is 0 Å². The van der Waals surface area contributed by atoms with E-state index in [9.17, 15) is 14.7 Å². The summed E-state index contributed by atoms with van der Waals surface area (Å²) in [5.74, 6) is -1.16. The van der Waals surface area contributed by atoms with E-state index < -0.39 is 23.7 Å². The highest BCUT2D eigenvalue weighted by Gasteiger charge is 2.25. The largest absolute Gasteiger partial charge is 0.479 e. The lowest BCUT2D eigenvalue weighted by Crippen LogP contribution is -2.38. The molecule has 1 atom stereocenters. The maximum absolute atomic E-state index is 11.7. The van der Waals surface area contributed by atoms with Crippen molar-refractivity contribution in [1.29, 1.82) is 0 Å². The summed E-state index contributed by atoms with van der Waals surface area (Å²) in [4.78, 5) is 23.1. The Hall–Kier alpha value is -2.50. The van der Waals surface area contributed by atoms with Crippen molar-refractivity contribution in [3.63, 3.8) is 0 Å². The normalized spacial score (nSPS) is 12.9. The zero-order chi connectivity index (χ0) is 15.6. The Balaban J connectivity index is 2.22. The van der Waals surface area contributed by atoms with Gasteiger partial charge in [-0.1, -0.05) is 6.07 Å². The highest BCUT2D eigenvalue weighted by molar-refractivity contribution is 5.84. The third kappa shape index (κ3) is 3.75. The lowest BCUT2D eigenvalue weighted by molar-refractivity contribution is -0.139. The van der Waals surface area contributed by atoms with Crippen molar-refractivity contribution in [2.45, 2.75) is 32.4 Å². The maximum Gasteiger partial charge on any atom is 0.408 e. The second kappa shape index (κ2) is 5.47. The van der Waals surface area contributed by atoms with Gasteiger partial charge in [0.25, 0.3) is 0 Å². The fourth-order valence-electron chi connectivity index (χ4n) is 1.88. The number of furan rings is 1. The van der Waals surface area contributed by atoms with Gasteiger partial charge in [-0.05, 0) is 44.5 Å². The van der Waals surface area contributed by atoms with Gasteiger partial charge in [0.15, 0.2) is 6.04 Å². The predicted molar refractivity (Wildman–Crippen MR) is 76.0 cm³/mol. The molecule has 0 aliphatic rings. The molecule has 2 N–H and O–H groups in total. The number of alkyl carbamates (subject to hydrolysis) is 1. The maximum atomic E-state index is 11.7. The molecule has 0 saturated carbocycles. The van der Waals surface area contributed by atoms with Crippen LogP contribution in [-0.4, -0.2) is 22.8 Å². The summed E-state index contributed by atoms with van der Waals surface area (Å²) in [6.45, 7) is 5.12. The number of nitrogens with one attached hydrogen (secondary N) is 1. The zero-order valence-electron chi connectivity index (χ0n) is 12.0. The summed E-state index contributed by atoms with van der Waals surface area (Å²) in [7, 11) is 0. The molecule has 0 bridgehead atoms. The summed E-state index contributed by atoms with van der Waals surface area (Å²) >= 11 is 0. The van der Waals surface area contributed by atoms with Gasteiger partial charge in [-0.15, -0.1) is 0 Å². The number of fused-ring (bicyclic) bond motifs is 1. The van der Waals surface area contributed by atoms with Gasteiger partial charge in [0.1, 0.15) is 11.2 Å². The predicted octanol–water partition coefficient (Wildman–Crippen LogP) is 3.08. The molecule has 0 aliphatic heterocycles. The van der Waals surface area contributed by atoms with Crippen LogP contribution in [0.25, 0.3) is 11.0 Å². The number of carbonyl (C=O) groups is 2. The minimum atomic E-state index is -1.18. The quantitative estimate of drug-likeness (QED) is 0.907. The van der Waals surface area contributed by atoms with Crippen LogP contribution in [0.5, 0.6) is 0 Å². The zero-order valence-corrected chi connectivity index (χ0v) is 12.0. The van der Waals surface area contributed by atoms with Gasteiger partial charge in [0.2, 0.25) is 0 Å². The van der Waals surface area contributed by atoms with Crippen molar-refractivity contribution >= 4 is 23.0 Å². The molecule has 2 rings (SSSR count). The van der Waals surface area contributed by atoms with Crippen molar-refractivity contribution in [3.8, 4) is 0 Å². The second-order valence-corrected chi connectivity index (χ2v) is 5.64. The Labute approximate surface area is 121 Å². The van der Waals surface area contributed by atoms with Gasteiger partial charge >= 0.3 is 12.1 Å². The van der Waals surface area contributed by atoms with Gasteiger partial charge in [0, 0.05) is 5.39 Å². The average Bonchev–Trinajstić information content (AvgIpc) is 2.80. The Morgan fingerprint density at radius 2 is 2.00 bits per heavy atom. The monoisotopic (exact) mass is 291 g/mol. The van der Waals surface area contributed by atoms with Gasteiger partial charge in [-0.3, -0.25) is 0 Å². The van der Waals surface area contributed by atoms with Crippen molar-refractivity contribution in [1.82, 2.24) is 5.32 Å². The molecule has 1 aromatic carbocycles. The van der Waals surface area contributed by atoms with E-state index in [1.807, 2.05) is 0 Å². The molecule has 6 heteroatoms. The van der Waals surface area contributed by atoms with Gasteiger partial charge in [-0.2, -0.15) is 0 Å². The standard InChI is InChI=1S/C15H17NO5/c1-15(2,3)21-14(19)16-12(13(17)18)10-4-5-11-9(8-10)6-7-20-11/h4-8,12H,1-3H3,(H,16,19)(H,17,18). The minimum absolute atomic E-state index is 0.447. The molecule has 6 nitrogen and oxygen atoms in total. The van der Waals surface area contributed by atoms with Crippen LogP contribution in [0.4, 0.5) is 4.79 Å². The van der Waals surface area contributed by atoms with Crippen LogP contribution < -0.4 is 5.32 Å². The summed E-state index contributed by atoms with van der Waals surface area (Å²) in [6.07, 6.45) is 0.744. The molecule has 0 spiro atoms. The Kier molecular flexibility index (Phi) is 3.88. The summed E-state index contributed by atoms with van der Waals surface area (Å²) in [5, 5.41) is 12.4. The molecule has 0 fully saturated rings.